The van der Waals surface area contributed by atoms with Gasteiger partial charge in [-0.1, -0.05) is 30.3 Å². The van der Waals surface area contributed by atoms with Crippen LogP contribution in [0.5, 0.6) is 5.75 Å². The first-order chi connectivity index (χ1) is 17.1. The number of anilines is 1. The third-order valence-electron chi connectivity index (χ3n) is 5.53. The van der Waals surface area contributed by atoms with Gasteiger partial charge in [-0.15, -0.1) is 0 Å². The minimum Gasteiger partial charge on any atom is -0.489 e. The molecule has 3 aromatic carbocycles. The summed E-state index contributed by atoms with van der Waals surface area (Å²) in [6.07, 6.45) is 0.854. The number of nitrogens with one attached hydrogen (secondary N) is 1. The van der Waals surface area contributed by atoms with Gasteiger partial charge in [-0.05, 0) is 49.7 Å². The van der Waals surface area contributed by atoms with Gasteiger partial charge in [0.25, 0.3) is 5.91 Å². The van der Waals surface area contributed by atoms with E-state index in [0.29, 0.717) is 16.5 Å². The molecule has 188 valence electrons. The third kappa shape index (κ3) is 5.21. The maximum atomic E-state index is 13.6. The average molecular weight is 511 g/mol. The molecule has 4 rings (SSSR count). The minimum absolute atomic E-state index is 0.0769. The first-order valence-electron chi connectivity index (χ1n) is 11.4. The Bertz CT molecular complexity index is 1500. The highest BCUT2D eigenvalue weighted by molar-refractivity contribution is 7.92. The molecule has 9 heteroatoms. The number of nitrogens with zero attached hydrogens (tertiary/aromatic N) is 1. The zero-order valence-electron chi connectivity index (χ0n) is 20.4. The Balaban J connectivity index is 1.98. The van der Waals surface area contributed by atoms with E-state index in [4.69, 9.17) is 9.15 Å². The van der Waals surface area contributed by atoms with Crippen molar-refractivity contribution in [3.05, 3.63) is 83.7 Å². The Morgan fingerprint density at radius 1 is 1.08 bits per heavy atom. The van der Waals surface area contributed by atoms with Crippen molar-refractivity contribution >= 4 is 32.6 Å². The van der Waals surface area contributed by atoms with Gasteiger partial charge in [-0.2, -0.15) is 0 Å². The van der Waals surface area contributed by atoms with E-state index < -0.39 is 21.7 Å². The number of ether oxygens (including phenoxy) is 1. The lowest BCUT2D eigenvalue weighted by atomic mass is 10.0. The maximum absolute atomic E-state index is 13.6. The molecule has 1 heterocycles. The van der Waals surface area contributed by atoms with E-state index in [0.717, 1.165) is 11.8 Å². The van der Waals surface area contributed by atoms with Crippen molar-refractivity contribution in [3.8, 4) is 17.1 Å². The lowest BCUT2D eigenvalue weighted by Gasteiger charge is -2.25. The topological polar surface area (TPSA) is 88.9 Å². The van der Waals surface area contributed by atoms with Gasteiger partial charge in [0.1, 0.15) is 22.9 Å². The highest BCUT2D eigenvalue weighted by Gasteiger charge is 2.28. The molecule has 0 unspecified atom stereocenters. The summed E-state index contributed by atoms with van der Waals surface area (Å²) >= 11 is 0. The quantitative estimate of drug-likeness (QED) is 0.345. The van der Waals surface area contributed by atoms with E-state index in [1.807, 2.05) is 44.2 Å². The molecule has 0 bridgehead atoms. The molecular weight excluding hydrogens is 483 g/mol. The van der Waals surface area contributed by atoms with E-state index in [1.54, 1.807) is 12.1 Å². The predicted octanol–water partition coefficient (Wildman–Crippen LogP) is 5.35. The molecule has 0 aliphatic heterocycles. The summed E-state index contributed by atoms with van der Waals surface area (Å²) in [7, 11) is -2.23. The van der Waals surface area contributed by atoms with E-state index in [9.17, 15) is 17.6 Å². The summed E-state index contributed by atoms with van der Waals surface area (Å²) in [6, 6.07) is 18.0. The molecule has 0 saturated heterocycles. The van der Waals surface area contributed by atoms with Crippen LogP contribution in [0.4, 0.5) is 10.1 Å². The van der Waals surface area contributed by atoms with Gasteiger partial charge in [0.05, 0.1) is 30.2 Å². The van der Waals surface area contributed by atoms with Gasteiger partial charge in [0.15, 0.2) is 0 Å². The number of amides is 1. The van der Waals surface area contributed by atoms with Gasteiger partial charge >= 0.3 is 0 Å². The number of hydrogen-bond acceptors (Lipinski definition) is 5. The van der Waals surface area contributed by atoms with Crippen LogP contribution >= 0.6 is 0 Å². The Labute approximate surface area is 209 Å². The van der Waals surface area contributed by atoms with Gasteiger partial charge < -0.3 is 14.5 Å². The summed E-state index contributed by atoms with van der Waals surface area (Å²) in [4.78, 5) is 12.9. The summed E-state index contributed by atoms with van der Waals surface area (Å²) in [5.74, 6) is -0.294. The summed E-state index contributed by atoms with van der Waals surface area (Å²) in [6.45, 7) is 3.73. The first kappa shape index (κ1) is 25.2. The van der Waals surface area contributed by atoms with Gasteiger partial charge in [0, 0.05) is 24.1 Å². The molecule has 0 fully saturated rings. The Hall–Kier alpha value is -3.85. The van der Waals surface area contributed by atoms with Crippen molar-refractivity contribution < 1.29 is 26.8 Å². The van der Waals surface area contributed by atoms with Crippen LogP contribution < -0.4 is 14.4 Å². The smallest absolute Gasteiger partial charge is 0.255 e. The molecule has 1 amide bonds. The van der Waals surface area contributed by atoms with Crippen molar-refractivity contribution in [2.75, 3.05) is 17.6 Å². The lowest BCUT2D eigenvalue weighted by molar-refractivity contribution is 0.0964. The molecule has 36 heavy (non-hydrogen) atoms. The highest BCUT2D eigenvalue weighted by atomic mass is 32.2. The fraction of sp³-hybridized carbons (Fsp3) is 0.222. The lowest BCUT2D eigenvalue weighted by Crippen LogP contribution is -2.30. The molecule has 1 N–H and O–H groups in total. The van der Waals surface area contributed by atoms with Crippen molar-refractivity contribution in [1.29, 1.82) is 0 Å². The Morgan fingerprint density at radius 2 is 1.75 bits per heavy atom. The number of rotatable bonds is 8. The largest absolute Gasteiger partial charge is 0.489 e. The van der Waals surface area contributed by atoms with Crippen LogP contribution in [-0.4, -0.2) is 33.7 Å². The molecule has 1 aromatic heterocycles. The molecular formula is C27H27FN2O5S. The van der Waals surface area contributed by atoms with E-state index in [-0.39, 0.29) is 35.4 Å². The fourth-order valence-electron chi connectivity index (χ4n) is 3.94. The van der Waals surface area contributed by atoms with Crippen LogP contribution in [0.1, 0.15) is 29.8 Å². The number of halogens is 1. The molecule has 0 radical (unpaired) electrons. The van der Waals surface area contributed by atoms with E-state index in [2.05, 4.69) is 5.32 Å². The van der Waals surface area contributed by atoms with Crippen LogP contribution in [-0.2, 0) is 16.6 Å². The minimum atomic E-state index is -3.73. The molecule has 0 aliphatic carbocycles. The standard InChI is InChI=1S/C27H27FN2O5S/c1-17(2)34-24-14-21-23(15-22(24)30(36(4,32)33)16-18-8-6-5-7-9-18)35-26(25(21)27(31)29-3)19-10-12-20(28)13-11-19/h5-15,17H,16H2,1-4H3,(H,29,31). The fourth-order valence-corrected chi connectivity index (χ4v) is 4.82. The van der Waals surface area contributed by atoms with Gasteiger partial charge in [-0.3, -0.25) is 9.10 Å². The summed E-state index contributed by atoms with van der Waals surface area (Å²) in [5, 5.41) is 3.06. The zero-order valence-corrected chi connectivity index (χ0v) is 21.2. The summed E-state index contributed by atoms with van der Waals surface area (Å²) in [5.41, 5.74) is 2.11. The van der Waals surface area contributed by atoms with Crippen molar-refractivity contribution in [2.45, 2.75) is 26.5 Å². The Morgan fingerprint density at radius 3 is 2.33 bits per heavy atom. The van der Waals surface area contributed by atoms with E-state index in [1.165, 1.54) is 35.6 Å². The number of benzene rings is 3. The van der Waals surface area contributed by atoms with Gasteiger partial charge in [0.2, 0.25) is 10.0 Å². The third-order valence-corrected chi connectivity index (χ3v) is 6.66. The van der Waals surface area contributed by atoms with Gasteiger partial charge in [-0.25, -0.2) is 12.8 Å². The molecule has 7 nitrogen and oxygen atoms in total. The van der Waals surface area contributed by atoms with Crippen molar-refractivity contribution in [2.24, 2.45) is 0 Å². The number of sulfonamides is 1. The molecule has 4 aromatic rings. The highest BCUT2D eigenvalue weighted by Crippen LogP contribution is 2.41. The molecule has 0 saturated carbocycles. The molecule has 0 spiro atoms. The monoisotopic (exact) mass is 510 g/mol. The second-order valence-electron chi connectivity index (χ2n) is 8.63. The van der Waals surface area contributed by atoms with Crippen LogP contribution in [0.3, 0.4) is 0 Å². The maximum Gasteiger partial charge on any atom is 0.255 e. The van der Waals surface area contributed by atoms with Crippen LogP contribution in [0.25, 0.3) is 22.3 Å². The number of carbonyl (C=O) groups is 1. The van der Waals surface area contributed by atoms with Crippen molar-refractivity contribution in [3.63, 3.8) is 0 Å². The Kier molecular flexibility index (Phi) is 7.03. The van der Waals surface area contributed by atoms with Crippen LogP contribution in [0, 0.1) is 5.82 Å². The van der Waals surface area contributed by atoms with Crippen LogP contribution in [0.2, 0.25) is 0 Å². The number of furan rings is 1. The number of hydrogen-bond donors (Lipinski definition) is 1. The molecule has 0 aliphatic rings. The molecule has 0 atom stereocenters. The van der Waals surface area contributed by atoms with E-state index >= 15 is 0 Å². The second kappa shape index (κ2) is 10.0. The predicted molar refractivity (Wildman–Crippen MR) is 138 cm³/mol. The SMILES string of the molecule is CNC(=O)c1c(-c2ccc(F)cc2)oc2cc(N(Cc3ccccc3)S(C)(=O)=O)c(OC(C)C)cc12. The average Bonchev–Trinajstić information content (AvgIpc) is 3.20. The first-order valence-corrected chi connectivity index (χ1v) is 13.2. The normalized spacial score (nSPS) is 11.6. The van der Waals surface area contributed by atoms with Crippen LogP contribution in [0.15, 0.2) is 71.1 Å². The second-order valence-corrected chi connectivity index (χ2v) is 10.5. The van der Waals surface area contributed by atoms with Crippen molar-refractivity contribution in [1.82, 2.24) is 5.32 Å². The summed E-state index contributed by atoms with van der Waals surface area (Å²) < 4.78 is 52.8. The zero-order chi connectivity index (χ0) is 26.0. The number of carbonyl (C=O) groups excluding carboxylic acids is 1. The number of fused-ring (bicyclic) bond motifs is 1.